The molecule has 1 saturated heterocycles. The van der Waals surface area contributed by atoms with E-state index in [2.05, 4.69) is 11.9 Å². The summed E-state index contributed by atoms with van der Waals surface area (Å²) in [6, 6.07) is 3.43. The van der Waals surface area contributed by atoms with E-state index in [1.807, 2.05) is 0 Å². The zero-order valence-electron chi connectivity index (χ0n) is 11.2. The van der Waals surface area contributed by atoms with Gasteiger partial charge in [-0.3, -0.25) is 0 Å². The maximum atomic E-state index is 12.4. The van der Waals surface area contributed by atoms with Gasteiger partial charge >= 0.3 is 0 Å². The minimum atomic E-state index is -3.36. The molecule has 1 unspecified atom stereocenters. The zero-order valence-corrected chi connectivity index (χ0v) is 13.6. The van der Waals surface area contributed by atoms with Crippen LogP contribution in [0.25, 0.3) is 0 Å². The summed E-state index contributed by atoms with van der Waals surface area (Å²) in [5.74, 6) is 0.786. The number of hydrogen-bond acceptors (Lipinski definition) is 4. The molecule has 1 aliphatic heterocycles. The minimum Gasteiger partial charge on any atom is -0.306 e. The fraction of sp³-hybridized carbons (Fsp3) is 0.667. The van der Waals surface area contributed by atoms with Crippen LogP contribution in [-0.4, -0.2) is 51.4 Å². The van der Waals surface area contributed by atoms with E-state index in [9.17, 15) is 8.42 Å². The summed E-state index contributed by atoms with van der Waals surface area (Å²) in [5.41, 5.74) is 0. The third-order valence-corrected chi connectivity index (χ3v) is 7.26. The van der Waals surface area contributed by atoms with Crippen molar-refractivity contribution >= 4 is 33.0 Å². The first-order valence-corrected chi connectivity index (χ1v) is 9.02. The van der Waals surface area contributed by atoms with Gasteiger partial charge in [0.05, 0.1) is 5.88 Å². The van der Waals surface area contributed by atoms with E-state index in [0.29, 0.717) is 22.6 Å². The van der Waals surface area contributed by atoms with Gasteiger partial charge in [0.1, 0.15) is 4.21 Å². The highest BCUT2D eigenvalue weighted by atomic mass is 35.5. The van der Waals surface area contributed by atoms with Crippen molar-refractivity contribution in [3.63, 3.8) is 0 Å². The van der Waals surface area contributed by atoms with Crippen LogP contribution in [-0.2, 0) is 15.9 Å². The van der Waals surface area contributed by atoms with Crippen molar-refractivity contribution in [2.24, 2.45) is 5.92 Å². The fourth-order valence-electron chi connectivity index (χ4n) is 2.36. The monoisotopic (exact) mass is 322 g/mol. The molecule has 0 aromatic carbocycles. The summed E-state index contributed by atoms with van der Waals surface area (Å²) in [5, 5.41) is 0. The molecule has 0 radical (unpaired) electrons. The molecule has 0 saturated carbocycles. The maximum absolute atomic E-state index is 12.4. The molecule has 0 N–H and O–H groups in total. The van der Waals surface area contributed by atoms with E-state index >= 15 is 0 Å². The molecule has 1 atom stereocenters. The molecular formula is C12H19ClN2O2S2. The Morgan fingerprint density at radius 3 is 2.79 bits per heavy atom. The quantitative estimate of drug-likeness (QED) is 0.779. The van der Waals surface area contributed by atoms with Gasteiger partial charge in [-0.1, -0.05) is 0 Å². The molecule has 0 spiro atoms. The molecule has 19 heavy (non-hydrogen) atoms. The van der Waals surface area contributed by atoms with E-state index < -0.39 is 10.0 Å². The SMILES string of the molecule is CN1CCC(CN(C)S(=O)(=O)c2ccc(CCl)s2)C1. The summed E-state index contributed by atoms with van der Waals surface area (Å²) < 4.78 is 26.7. The van der Waals surface area contributed by atoms with Crippen molar-refractivity contribution in [1.82, 2.24) is 9.21 Å². The number of rotatable bonds is 5. The number of hydrogen-bond donors (Lipinski definition) is 0. The molecule has 4 nitrogen and oxygen atoms in total. The van der Waals surface area contributed by atoms with Gasteiger partial charge in [0.15, 0.2) is 0 Å². The first-order chi connectivity index (χ1) is 8.93. The molecule has 1 aliphatic rings. The lowest BCUT2D eigenvalue weighted by atomic mass is 10.1. The van der Waals surface area contributed by atoms with Crippen LogP contribution in [0.1, 0.15) is 11.3 Å². The lowest BCUT2D eigenvalue weighted by Gasteiger charge is -2.20. The van der Waals surface area contributed by atoms with Gasteiger partial charge in [0.25, 0.3) is 10.0 Å². The molecular weight excluding hydrogens is 304 g/mol. The first kappa shape index (κ1) is 15.3. The van der Waals surface area contributed by atoms with Gasteiger partial charge in [0, 0.05) is 25.0 Å². The van der Waals surface area contributed by atoms with Crippen LogP contribution in [0.3, 0.4) is 0 Å². The van der Waals surface area contributed by atoms with Gasteiger partial charge in [0.2, 0.25) is 0 Å². The van der Waals surface area contributed by atoms with Crippen molar-refractivity contribution in [2.75, 3.05) is 33.7 Å². The van der Waals surface area contributed by atoms with Crippen LogP contribution >= 0.6 is 22.9 Å². The Morgan fingerprint density at radius 1 is 1.53 bits per heavy atom. The Bertz CT molecular complexity index is 530. The third kappa shape index (κ3) is 3.49. The fourth-order valence-corrected chi connectivity index (χ4v) is 5.28. The second-order valence-corrected chi connectivity index (χ2v) is 8.76. The van der Waals surface area contributed by atoms with E-state index in [1.165, 1.54) is 15.6 Å². The molecule has 1 aromatic heterocycles. The Morgan fingerprint density at radius 2 is 2.26 bits per heavy atom. The lowest BCUT2D eigenvalue weighted by Crippen LogP contribution is -2.32. The largest absolute Gasteiger partial charge is 0.306 e. The Kier molecular flexibility index (Phi) is 4.89. The molecule has 7 heteroatoms. The lowest BCUT2D eigenvalue weighted by molar-refractivity contribution is 0.357. The van der Waals surface area contributed by atoms with E-state index in [-0.39, 0.29) is 0 Å². The van der Waals surface area contributed by atoms with Crippen LogP contribution in [0.4, 0.5) is 0 Å². The number of nitrogens with zero attached hydrogens (tertiary/aromatic N) is 2. The van der Waals surface area contributed by atoms with Crippen LogP contribution in [0.2, 0.25) is 0 Å². The highest BCUT2D eigenvalue weighted by Crippen LogP contribution is 2.26. The summed E-state index contributed by atoms with van der Waals surface area (Å²) >= 11 is 6.97. The molecule has 0 bridgehead atoms. The van der Waals surface area contributed by atoms with E-state index in [1.54, 1.807) is 19.2 Å². The smallest absolute Gasteiger partial charge is 0.252 e. The highest BCUT2D eigenvalue weighted by molar-refractivity contribution is 7.91. The first-order valence-electron chi connectivity index (χ1n) is 6.23. The van der Waals surface area contributed by atoms with Crippen LogP contribution in [0.15, 0.2) is 16.3 Å². The van der Waals surface area contributed by atoms with Crippen molar-refractivity contribution in [3.05, 3.63) is 17.0 Å². The number of halogens is 1. The Hall–Kier alpha value is -0.140. The van der Waals surface area contributed by atoms with Gasteiger partial charge in [-0.05, 0) is 38.1 Å². The second-order valence-electron chi connectivity index (χ2n) is 5.06. The predicted molar refractivity (Wildman–Crippen MR) is 79.3 cm³/mol. The summed E-state index contributed by atoms with van der Waals surface area (Å²) in [6.07, 6.45) is 1.06. The Balaban J connectivity index is 2.06. The van der Waals surface area contributed by atoms with Gasteiger partial charge in [-0.2, -0.15) is 4.31 Å². The average Bonchev–Trinajstić information content (AvgIpc) is 2.98. The molecule has 1 fully saturated rings. The van der Waals surface area contributed by atoms with Crippen LogP contribution in [0, 0.1) is 5.92 Å². The molecule has 2 heterocycles. The maximum Gasteiger partial charge on any atom is 0.252 e. The van der Waals surface area contributed by atoms with Crippen molar-refractivity contribution in [1.29, 1.82) is 0 Å². The number of alkyl halides is 1. The molecule has 108 valence electrons. The standard InChI is InChI=1S/C12H19ClN2O2S2/c1-14-6-5-10(8-14)9-15(2)19(16,17)12-4-3-11(7-13)18-12/h3-4,10H,5-9H2,1-2H3. The molecule has 0 aliphatic carbocycles. The average molecular weight is 323 g/mol. The van der Waals surface area contributed by atoms with Crippen LogP contribution in [0.5, 0.6) is 0 Å². The van der Waals surface area contributed by atoms with Gasteiger partial charge in [-0.15, -0.1) is 22.9 Å². The number of likely N-dealkylation sites (tertiary alicyclic amines) is 1. The van der Waals surface area contributed by atoms with Crippen molar-refractivity contribution < 1.29 is 8.42 Å². The highest BCUT2D eigenvalue weighted by Gasteiger charge is 2.28. The normalized spacial score (nSPS) is 21.4. The summed E-state index contributed by atoms with van der Waals surface area (Å²) in [4.78, 5) is 3.12. The zero-order chi connectivity index (χ0) is 14.0. The Labute approximate surface area is 124 Å². The minimum absolute atomic E-state index is 0.358. The van der Waals surface area contributed by atoms with Gasteiger partial charge < -0.3 is 4.90 Å². The predicted octanol–water partition coefficient (Wildman–Crippen LogP) is 2.06. The van der Waals surface area contributed by atoms with Crippen molar-refractivity contribution in [3.8, 4) is 0 Å². The summed E-state index contributed by atoms with van der Waals surface area (Å²) in [6.45, 7) is 2.60. The third-order valence-electron chi connectivity index (χ3n) is 3.44. The topological polar surface area (TPSA) is 40.6 Å². The molecule has 2 rings (SSSR count). The molecule has 1 aromatic rings. The molecule has 0 amide bonds. The van der Waals surface area contributed by atoms with E-state index in [4.69, 9.17) is 11.6 Å². The second kappa shape index (κ2) is 6.10. The van der Waals surface area contributed by atoms with Crippen LogP contribution < -0.4 is 0 Å². The number of sulfonamides is 1. The van der Waals surface area contributed by atoms with Gasteiger partial charge in [-0.25, -0.2) is 8.42 Å². The van der Waals surface area contributed by atoms with E-state index in [0.717, 1.165) is 24.4 Å². The number of thiophene rings is 1. The summed E-state index contributed by atoms with van der Waals surface area (Å²) in [7, 11) is 0.372. The van der Waals surface area contributed by atoms with Crippen molar-refractivity contribution in [2.45, 2.75) is 16.5 Å².